The summed E-state index contributed by atoms with van der Waals surface area (Å²) in [5.41, 5.74) is 0.543. The summed E-state index contributed by atoms with van der Waals surface area (Å²) in [6, 6.07) is 0.217. The lowest BCUT2D eigenvalue weighted by Crippen LogP contribution is -2.15. The molecule has 1 N–H and O–H groups in total. The van der Waals surface area contributed by atoms with Crippen molar-refractivity contribution in [2.24, 2.45) is 0 Å². The first-order valence-corrected chi connectivity index (χ1v) is 9.62. The first-order valence-electron chi connectivity index (χ1n) is 7.82. The molecular formula is C15H21N5O3S2. The molecule has 8 nitrogen and oxygen atoms in total. The van der Waals surface area contributed by atoms with Crippen LogP contribution in [0, 0.1) is 13.8 Å². The SMILES string of the molecule is CCOC(=O)c1sc(NC(=O)CSc2nnc(C)n2C(C)C)nc1C. The van der Waals surface area contributed by atoms with E-state index in [0.29, 0.717) is 27.5 Å². The third kappa shape index (κ3) is 4.79. The highest BCUT2D eigenvalue weighted by Gasteiger charge is 2.18. The topological polar surface area (TPSA) is 99.0 Å². The number of amides is 1. The van der Waals surface area contributed by atoms with E-state index in [2.05, 4.69) is 20.5 Å². The highest BCUT2D eigenvalue weighted by atomic mass is 32.2. The minimum absolute atomic E-state index is 0.179. The van der Waals surface area contributed by atoms with Crippen LogP contribution in [0.3, 0.4) is 0 Å². The zero-order valence-corrected chi connectivity index (χ0v) is 16.5. The van der Waals surface area contributed by atoms with Gasteiger partial charge in [0.05, 0.1) is 18.1 Å². The van der Waals surface area contributed by atoms with Crippen molar-refractivity contribution >= 4 is 40.1 Å². The number of ether oxygens (including phenoxy) is 1. The van der Waals surface area contributed by atoms with Crippen molar-refractivity contribution in [3.05, 3.63) is 16.4 Å². The number of carbonyl (C=O) groups excluding carboxylic acids is 2. The van der Waals surface area contributed by atoms with Crippen molar-refractivity contribution in [1.29, 1.82) is 0 Å². The molecule has 0 radical (unpaired) electrons. The summed E-state index contributed by atoms with van der Waals surface area (Å²) in [7, 11) is 0. The maximum atomic E-state index is 12.2. The lowest BCUT2D eigenvalue weighted by Gasteiger charge is -2.11. The zero-order chi connectivity index (χ0) is 18.6. The zero-order valence-electron chi connectivity index (χ0n) is 14.8. The number of hydrogen-bond acceptors (Lipinski definition) is 8. The Morgan fingerprint density at radius 1 is 1.32 bits per heavy atom. The van der Waals surface area contributed by atoms with Gasteiger partial charge in [0.15, 0.2) is 10.3 Å². The van der Waals surface area contributed by atoms with E-state index in [0.717, 1.165) is 17.2 Å². The molecule has 0 saturated carbocycles. The van der Waals surface area contributed by atoms with E-state index in [1.807, 2.05) is 25.3 Å². The van der Waals surface area contributed by atoms with Crippen LogP contribution < -0.4 is 5.32 Å². The largest absolute Gasteiger partial charge is 0.462 e. The fourth-order valence-corrected chi connectivity index (χ4v) is 3.95. The van der Waals surface area contributed by atoms with E-state index in [4.69, 9.17) is 4.74 Å². The van der Waals surface area contributed by atoms with E-state index >= 15 is 0 Å². The molecule has 10 heteroatoms. The van der Waals surface area contributed by atoms with Gasteiger partial charge in [0.1, 0.15) is 10.7 Å². The molecule has 2 rings (SSSR count). The lowest BCUT2D eigenvalue weighted by atomic mass is 10.4. The molecule has 0 bridgehead atoms. The molecular weight excluding hydrogens is 362 g/mol. The maximum absolute atomic E-state index is 12.2. The second-order valence-electron chi connectivity index (χ2n) is 5.48. The number of esters is 1. The fourth-order valence-electron chi connectivity index (χ4n) is 2.16. The molecule has 2 aromatic rings. The monoisotopic (exact) mass is 383 g/mol. The summed E-state index contributed by atoms with van der Waals surface area (Å²) in [5, 5.41) is 11.9. The van der Waals surface area contributed by atoms with Crippen LogP contribution in [0.4, 0.5) is 5.13 Å². The summed E-state index contributed by atoms with van der Waals surface area (Å²) in [6.07, 6.45) is 0. The molecule has 0 aromatic carbocycles. The van der Waals surface area contributed by atoms with E-state index in [1.54, 1.807) is 13.8 Å². The van der Waals surface area contributed by atoms with Gasteiger partial charge in [0.2, 0.25) is 5.91 Å². The minimum Gasteiger partial charge on any atom is -0.462 e. The van der Waals surface area contributed by atoms with E-state index in [1.165, 1.54) is 11.8 Å². The van der Waals surface area contributed by atoms with Gasteiger partial charge in [-0.05, 0) is 34.6 Å². The quantitative estimate of drug-likeness (QED) is 0.580. The van der Waals surface area contributed by atoms with Crippen LogP contribution in [0.15, 0.2) is 5.16 Å². The van der Waals surface area contributed by atoms with Crippen molar-refractivity contribution in [2.45, 2.75) is 45.8 Å². The van der Waals surface area contributed by atoms with Crippen molar-refractivity contribution in [1.82, 2.24) is 19.7 Å². The number of rotatable bonds is 7. The third-order valence-electron chi connectivity index (χ3n) is 3.19. The number of hydrogen-bond donors (Lipinski definition) is 1. The summed E-state index contributed by atoms with van der Waals surface area (Å²) < 4.78 is 6.94. The van der Waals surface area contributed by atoms with Crippen LogP contribution in [-0.4, -0.2) is 44.0 Å². The molecule has 2 heterocycles. The maximum Gasteiger partial charge on any atom is 0.350 e. The molecule has 25 heavy (non-hydrogen) atoms. The molecule has 1 amide bonds. The molecule has 0 spiro atoms. The number of thioether (sulfide) groups is 1. The van der Waals surface area contributed by atoms with E-state index in [9.17, 15) is 9.59 Å². The van der Waals surface area contributed by atoms with Gasteiger partial charge in [-0.25, -0.2) is 9.78 Å². The number of nitrogens with one attached hydrogen (secondary N) is 1. The Morgan fingerprint density at radius 2 is 2.04 bits per heavy atom. The summed E-state index contributed by atoms with van der Waals surface area (Å²) in [4.78, 5) is 28.5. The second-order valence-corrected chi connectivity index (χ2v) is 7.43. The van der Waals surface area contributed by atoms with E-state index < -0.39 is 5.97 Å². The number of aromatic nitrogens is 4. The predicted octanol–water partition coefficient (Wildman–Crippen LogP) is 2.84. The van der Waals surface area contributed by atoms with Crippen LogP contribution in [0.5, 0.6) is 0 Å². The summed E-state index contributed by atoms with van der Waals surface area (Å²) >= 11 is 2.42. The first-order chi connectivity index (χ1) is 11.8. The second kappa shape index (κ2) is 8.43. The Morgan fingerprint density at radius 3 is 2.68 bits per heavy atom. The smallest absolute Gasteiger partial charge is 0.350 e. The van der Waals surface area contributed by atoms with Crippen molar-refractivity contribution in [3.63, 3.8) is 0 Å². The molecule has 0 unspecified atom stereocenters. The van der Waals surface area contributed by atoms with Crippen LogP contribution in [0.1, 0.15) is 48.0 Å². The Bertz CT molecular complexity index is 769. The van der Waals surface area contributed by atoms with Gasteiger partial charge in [-0.1, -0.05) is 23.1 Å². The van der Waals surface area contributed by atoms with Crippen LogP contribution in [0.25, 0.3) is 0 Å². The third-order valence-corrected chi connectivity index (χ3v) is 5.18. The number of nitrogens with zero attached hydrogens (tertiary/aromatic N) is 4. The molecule has 0 aliphatic heterocycles. The van der Waals surface area contributed by atoms with Gasteiger partial charge >= 0.3 is 5.97 Å². The molecule has 136 valence electrons. The Hall–Kier alpha value is -1.94. The predicted molar refractivity (Wildman–Crippen MR) is 97.3 cm³/mol. The highest BCUT2D eigenvalue weighted by Crippen LogP contribution is 2.25. The van der Waals surface area contributed by atoms with Crippen LogP contribution >= 0.6 is 23.1 Å². The van der Waals surface area contributed by atoms with E-state index in [-0.39, 0.29) is 17.7 Å². The standard InChI is InChI=1S/C15H21N5O3S2/c1-6-23-13(22)12-9(4)16-14(25-12)17-11(21)7-24-15-19-18-10(5)20(15)8(2)3/h8H,6-7H2,1-5H3,(H,16,17,21). The van der Waals surface area contributed by atoms with Crippen LogP contribution in [0.2, 0.25) is 0 Å². The number of thiazole rings is 1. The Balaban J connectivity index is 1.97. The fraction of sp³-hybridized carbons (Fsp3) is 0.533. The number of aryl methyl sites for hydroxylation is 2. The molecule has 0 atom stereocenters. The average molecular weight is 383 g/mol. The average Bonchev–Trinajstić information content (AvgIpc) is 3.08. The summed E-state index contributed by atoms with van der Waals surface area (Å²) in [5.74, 6) is 0.351. The number of carbonyl (C=O) groups is 2. The van der Waals surface area contributed by atoms with Crippen molar-refractivity contribution < 1.29 is 14.3 Å². The lowest BCUT2D eigenvalue weighted by molar-refractivity contribution is -0.113. The first kappa shape index (κ1) is 19.4. The molecule has 0 aliphatic carbocycles. The van der Waals surface area contributed by atoms with Gasteiger partial charge in [-0.3, -0.25) is 4.79 Å². The molecule has 0 aliphatic rings. The number of anilines is 1. The van der Waals surface area contributed by atoms with Gasteiger partial charge in [-0.2, -0.15) is 0 Å². The highest BCUT2D eigenvalue weighted by molar-refractivity contribution is 7.99. The molecule has 0 saturated heterocycles. The van der Waals surface area contributed by atoms with Crippen molar-refractivity contribution in [2.75, 3.05) is 17.7 Å². The van der Waals surface area contributed by atoms with Crippen LogP contribution in [-0.2, 0) is 9.53 Å². The minimum atomic E-state index is -0.423. The molecule has 2 aromatic heterocycles. The summed E-state index contributed by atoms with van der Waals surface area (Å²) in [6.45, 7) is 9.70. The van der Waals surface area contributed by atoms with Gasteiger partial charge in [0, 0.05) is 6.04 Å². The Kier molecular flexibility index (Phi) is 6.54. The molecule has 0 fully saturated rings. The van der Waals surface area contributed by atoms with Gasteiger partial charge in [0.25, 0.3) is 0 Å². The van der Waals surface area contributed by atoms with Gasteiger partial charge in [-0.15, -0.1) is 10.2 Å². The Labute approximate surface area is 154 Å². The van der Waals surface area contributed by atoms with Gasteiger partial charge < -0.3 is 14.6 Å². The van der Waals surface area contributed by atoms with Crippen molar-refractivity contribution in [3.8, 4) is 0 Å². The normalized spacial score (nSPS) is 11.0.